The van der Waals surface area contributed by atoms with E-state index < -0.39 is 12.0 Å². The Kier molecular flexibility index (Phi) is 4.68. The number of nitrogens with one attached hydrogen (secondary N) is 1. The van der Waals surface area contributed by atoms with Gasteiger partial charge in [0.05, 0.1) is 5.54 Å². The van der Waals surface area contributed by atoms with Crippen molar-refractivity contribution in [2.75, 3.05) is 6.54 Å². The molecule has 0 aliphatic rings. The van der Waals surface area contributed by atoms with Crippen LogP contribution in [0.4, 0.5) is 8.78 Å². The predicted octanol–water partition coefficient (Wildman–Crippen LogP) is 2.67. The van der Waals surface area contributed by atoms with Crippen LogP contribution in [-0.4, -0.2) is 18.5 Å². The second kappa shape index (κ2) is 4.75. The summed E-state index contributed by atoms with van der Waals surface area (Å²) >= 11 is 0. The Bertz CT molecular complexity index is 116. The van der Waals surface area contributed by atoms with Gasteiger partial charge in [0.1, 0.15) is 0 Å². The van der Waals surface area contributed by atoms with E-state index in [0.29, 0.717) is 6.54 Å². The van der Waals surface area contributed by atoms with Crippen LogP contribution in [0.25, 0.3) is 0 Å². The molecule has 0 aliphatic heterocycles. The third-order valence-corrected chi connectivity index (χ3v) is 2.41. The van der Waals surface area contributed by atoms with E-state index in [-0.39, 0.29) is 5.92 Å². The van der Waals surface area contributed by atoms with E-state index >= 15 is 0 Å². The van der Waals surface area contributed by atoms with Gasteiger partial charge in [-0.2, -0.15) is 0 Å². The molecular weight excluding hydrogens is 160 g/mol. The zero-order chi connectivity index (χ0) is 9.78. The van der Waals surface area contributed by atoms with Gasteiger partial charge in [-0.3, -0.25) is 0 Å². The minimum absolute atomic E-state index is 0.0518. The Morgan fingerprint density at radius 1 is 1.33 bits per heavy atom. The molecule has 1 nitrogen and oxygen atoms in total. The summed E-state index contributed by atoms with van der Waals surface area (Å²) in [6.45, 7) is 7.83. The third kappa shape index (κ3) is 2.70. The number of rotatable bonds is 5. The molecule has 12 heavy (non-hydrogen) atoms. The molecule has 0 radical (unpaired) electrons. The quantitative estimate of drug-likeness (QED) is 0.684. The van der Waals surface area contributed by atoms with Crippen molar-refractivity contribution in [3.8, 4) is 0 Å². The highest BCUT2D eigenvalue weighted by atomic mass is 19.3. The van der Waals surface area contributed by atoms with Gasteiger partial charge < -0.3 is 5.32 Å². The fraction of sp³-hybridized carbons (Fsp3) is 1.00. The fourth-order valence-electron chi connectivity index (χ4n) is 0.928. The van der Waals surface area contributed by atoms with Crippen LogP contribution in [-0.2, 0) is 0 Å². The minimum Gasteiger partial charge on any atom is -0.306 e. The van der Waals surface area contributed by atoms with Crippen LogP contribution in [0.2, 0.25) is 0 Å². The van der Waals surface area contributed by atoms with E-state index in [2.05, 4.69) is 5.32 Å². The van der Waals surface area contributed by atoms with Crippen LogP contribution in [0.1, 0.15) is 34.1 Å². The second-order valence-electron chi connectivity index (χ2n) is 3.66. The molecule has 1 unspecified atom stereocenters. The van der Waals surface area contributed by atoms with Crippen LogP contribution < -0.4 is 5.32 Å². The number of hydrogen-bond acceptors (Lipinski definition) is 1. The van der Waals surface area contributed by atoms with Gasteiger partial charge in [0, 0.05) is 0 Å². The minimum atomic E-state index is -2.30. The lowest BCUT2D eigenvalue weighted by atomic mass is 9.89. The van der Waals surface area contributed by atoms with Gasteiger partial charge >= 0.3 is 0 Å². The van der Waals surface area contributed by atoms with Gasteiger partial charge in [0.25, 0.3) is 6.43 Å². The van der Waals surface area contributed by atoms with Crippen molar-refractivity contribution < 1.29 is 8.78 Å². The van der Waals surface area contributed by atoms with Crippen molar-refractivity contribution >= 4 is 0 Å². The number of alkyl halides is 2. The first-order valence-electron chi connectivity index (χ1n) is 4.48. The predicted molar refractivity (Wildman–Crippen MR) is 47.5 cm³/mol. The molecule has 74 valence electrons. The Morgan fingerprint density at radius 3 is 2.08 bits per heavy atom. The van der Waals surface area contributed by atoms with Gasteiger partial charge in [0.2, 0.25) is 0 Å². The highest BCUT2D eigenvalue weighted by Crippen LogP contribution is 2.24. The van der Waals surface area contributed by atoms with Gasteiger partial charge in [-0.05, 0) is 25.8 Å². The number of halogens is 2. The molecule has 0 spiro atoms. The monoisotopic (exact) mass is 179 g/mol. The van der Waals surface area contributed by atoms with E-state index in [1.807, 2.05) is 20.8 Å². The molecule has 0 heterocycles. The fourth-order valence-corrected chi connectivity index (χ4v) is 0.928. The Morgan fingerprint density at radius 2 is 1.83 bits per heavy atom. The zero-order valence-electron chi connectivity index (χ0n) is 8.32. The maximum absolute atomic E-state index is 12.6. The maximum Gasteiger partial charge on any atom is 0.256 e. The highest BCUT2D eigenvalue weighted by molar-refractivity contribution is 4.88. The van der Waals surface area contributed by atoms with Gasteiger partial charge in [-0.15, -0.1) is 0 Å². The first-order valence-corrected chi connectivity index (χ1v) is 4.48. The third-order valence-electron chi connectivity index (χ3n) is 2.41. The summed E-state index contributed by atoms with van der Waals surface area (Å²) in [6, 6.07) is 0. The van der Waals surface area contributed by atoms with Crippen molar-refractivity contribution in [1.29, 1.82) is 0 Å². The van der Waals surface area contributed by atoms with Gasteiger partial charge in [0.15, 0.2) is 0 Å². The van der Waals surface area contributed by atoms with Gasteiger partial charge in [-0.1, -0.05) is 20.8 Å². The van der Waals surface area contributed by atoms with Crippen molar-refractivity contribution in [3.05, 3.63) is 0 Å². The van der Waals surface area contributed by atoms with E-state index in [9.17, 15) is 8.78 Å². The van der Waals surface area contributed by atoms with Crippen LogP contribution in [0, 0.1) is 5.92 Å². The molecule has 0 bridgehead atoms. The van der Waals surface area contributed by atoms with Crippen LogP contribution >= 0.6 is 0 Å². The van der Waals surface area contributed by atoms with Crippen molar-refractivity contribution in [2.45, 2.75) is 46.1 Å². The summed E-state index contributed by atoms with van der Waals surface area (Å²) in [5.41, 5.74) is -1.03. The van der Waals surface area contributed by atoms with Crippen LogP contribution in [0.3, 0.4) is 0 Å². The SMILES string of the molecule is CCCNC(C)(C(C)C)C(F)F. The average molecular weight is 179 g/mol. The first kappa shape index (κ1) is 11.8. The molecule has 0 aromatic heterocycles. The largest absolute Gasteiger partial charge is 0.306 e. The highest BCUT2D eigenvalue weighted by Gasteiger charge is 2.37. The zero-order valence-corrected chi connectivity index (χ0v) is 8.32. The molecule has 0 rings (SSSR count). The Labute approximate surface area is 73.5 Å². The molecule has 0 aliphatic carbocycles. The van der Waals surface area contributed by atoms with Gasteiger partial charge in [-0.25, -0.2) is 8.78 Å². The molecule has 0 aromatic carbocycles. The molecule has 1 atom stereocenters. The Balaban J connectivity index is 4.19. The Hall–Kier alpha value is -0.180. The summed E-state index contributed by atoms with van der Waals surface area (Å²) in [6.07, 6.45) is -1.42. The summed E-state index contributed by atoms with van der Waals surface area (Å²) in [4.78, 5) is 0. The van der Waals surface area contributed by atoms with E-state index in [1.54, 1.807) is 6.92 Å². The molecule has 0 saturated heterocycles. The molecule has 0 aromatic rings. The summed E-state index contributed by atoms with van der Waals surface area (Å²) in [5, 5.41) is 2.89. The lowest BCUT2D eigenvalue weighted by molar-refractivity contribution is 0.0131. The van der Waals surface area contributed by atoms with Crippen molar-refractivity contribution in [2.24, 2.45) is 5.92 Å². The number of hydrogen-bond donors (Lipinski definition) is 1. The average Bonchev–Trinajstić information content (AvgIpc) is 1.99. The first-order chi connectivity index (χ1) is 5.45. The summed E-state index contributed by atoms with van der Waals surface area (Å²) in [7, 11) is 0. The normalized spacial score (nSPS) is 17.0. The maximum atomic E-state index is 12.6. The lowest BCUT2D eigenvalue weighted by Gasteiger charge is -2.34. The molecular formula is C9H19F2N. The topological polar surface area (TPSA) is 12.0 Å². The summed E-state index contributed by atoms with van der Waals surface area (Å²) in [5.74, 6) is -0.0518. The standard InChI is InChI=1S/C9H19F2N/c1-5-6-12-9(4,7(2)3)8(10)11/h7-8,12H,5-6H2,1-4H3. The van der Waals surface area contributed by atoms with Crippen molar-refractivity contribution in [3.63, 3.8) is 0 Å². The van der Waals surface area contributed by atoms with Crippen molar-refractivity contribution in [1.82, 2.24) is 5.32 Å². The van der Waals surface area contributed by atoms with Crippen LogP contribution in [0.15, 0.2) is 0 Å². The van der Waals surface area contributed by atoms with E-state index in [4.69, 9.17) is 0 Å². The smallest absolute Gasteiger partial charge is 0.256 e. The molecule has 0 saturated carbocycles. The van der Waals surface area contributed by atoms with Crippen LogP contribution in [0.5, 0.6) is 0 Å². The van der Waals surface area contributed by atoms with E-state index in [1.165, 1.54) is 0 Å². The molecule has 1 N–H and O–H groups in total. The van der Waals surface area contributed by atoms with E-state index in [0.717, 1.165) is 6.42 Å². The molecule has 0 amide bonds. The summed E-state index contributed by atoms with van der Waals surface area (Å²) < 4.78 is 25.2. The molecule has 0 fully saturated rings. The lowest BCUT2D eigenvalue weighted by Crippen LogP contribution is -2.53. The second-order valence-corrected chi connectivity index (χ2v) is 3.66. The molecule has 3 heteroatoms.